The highest BCUT2D eigenvalue weighted by atomic mass is 32.2. The highest BCUT2D eigenvalue weighted by molar-refractivity contribution is 7.89. The van der Waals surface area contributed by atoms with Crippen LogP contribution in [0.15, 0.2) is 29.2 Å². The van der Waals surface area contributed by atoms with E-state index in [4.69, 9.17) is 5.53 Å². The molecule has 0 aliphatic rings. The second-order valence-electron chi connectivity index (χ2n) is 5.26. The topological polar surface area (TPSA) is 99.6 Å². The first-order valence-electron chi connectivity index (χ1n) is 6.56. The van der Waals surface area contributed by atoms with E-state index in [1.807, 2.05) is 20.8 Å². The zero-order valence-electron chi connectivity index (χ0n) is 12.3. The quantitative estimate of drug-likeness (QED) is 0.470. The van der Waals surface area contributed by atoms with Crippen LogP contribution in [0.5, 0.6) is 0 Å². The molecule has 0 aliphatic heterocycles. The molecule has 0 bridgehead atoms. The second-order valence-corrected chi connectivity index (χ2v) is 6.98. The van der Waals surface area contributed by atoms with Crippen LogP contribution in [0.1, 0.15) is 25.8 Å². The Morgan fingerprint density at radius 3 is 2.38 bits per heavy atom. The van der Waals surface area contributed by atoms with E-state index in [0.717, 1.165) is 5.56 Å². The Balaban J connectivity index is 3.03. The first kappa shape index (κ1) is 17.2. The van der Waals surface area contributed by atoms with Crippen molar-refractivity contribution in [2.24, 2.45) is 5.92 Å². The summed E-state index contributed by atoms with van der Waals surface area (Å²) in [5.74, 6) is -0.478. The molecule has 7 heteroatoms. The summed E-state index contributed by atoms with van der Waals surface area (Å²) in [5.41, 5.74) is 9.38. The standard InChI is InChI=1S/C14H19N3O3S/c1-10(2)8-13(14(18)9-16-15)17-21(19,20)12-6-4-11(3)5-7-12/h4-7,9-10,13,17H,8H2,1-3H3/t13-/m0/s1. The number of hydrogen-bond donors (Lipinski definition) is 1. The van der Waals surface area contributed by atoms with Crippen molar-refractivity contribution in [3.8, 4) is 0 Å². The summed E-state index contributed by atoms with van der Waals surface area (Å²) in [6, 6.07) is 5.38. The molecule has 0 saturated carbocycles. The van der Waals surface area contributed by atoms with E-state index in [1.54, 1.807) is 12.1 Å². The number of sulfonamides is 1. The maximum Gasteiger partial charge on any atom is 0.324 e. The van der Waals surface area contributed by atoms with E-state index in [0.29, 0.717) is 12.6 Å². The molecule has 0 amide bonds. The molecule has 0 saturated heterocycles. The van der Waals surface area contributed by atoms with Gasteiger partial charge in [-0.3, -0.25) is 4.79 Å². The van der Waals surface area contributed by atoms with Crippen LogP contribution in [0.2, 0.25) is 0 Å². The Morgan fingerprint density at radius 1 is 1.33 bits per heavy atom. The van der Waals surface area contributed by atoms with Gasteiger partial charge >= 0.3 is 6.21 Å². The van der Waals surface area contributed by atoms with E-state index < -0.39 is 21.8 Å². The fourth-order valence-electron chi connectivity index (χ4n) is 1.81. The smallest absolute Gasteiger partial charge is 0.324 e. The Hall–Kier alpha value is -1.82. The number of rotatable bonds is 7. The highest BCUT2D eigenvalue weighted by Gasteiger charge is 2.27. The fraction of sp³-hybridized carbons (Fsp3) is 0.429. The van der Waals surface area contributed by atoms with E-state index in [1.165, 1.54) is 12.1 Å². The fourth-order valence-corrected chi connectivity index (χ4v) is 3.03. The van der Waals surface area contributed by atoms with Crippen molar-refractivity contribution in [2.75, 3.05) is 0 Å². The first-order valence-corrected chi connectivity index (χ1v) is 8.05. The minimum absolute atomic E-state index is 0.0931. The van der Waals surface area contributed by atoms with E-state index >= 15 is 0 Å². The Bertz CT molecular complexity index is 645. The molecule has 1 N–H and O–H groups in total. The number of carbonyl (C=O) groups is 1. The molecule has 1 aromatic carbocycles. The number of ketones is 1. The summed E-state index contributed by atoms with van der Waals surface area (Å²) >= 11 is 0. The molecule has 21 heavy (non-hydrogen) atoms. The third-order valence-corrected chi connectivity index (χ3v) is 4.35. The van der Waals surface area contributed by atoms with Gasteiger partial charge in [-0.25, -0.2) is 8.42 Å². The molecular weight excluding hydrogens is 290 g/mol. The van der Waals surface area contributed by atoms with Gasteiger partial charge in [-0.1, -0.05) is 31.5 Å². The molecule has 0 fully saturated rings. The van der Waals surface area contributed by atoms with Crippen LogP contribution in [0.3, 0.4) is 0 Å². The maximum atomic E-state index is 12.3. The maximum absolute atomic E-state index is 12.3. The van der Waals surface area contributed by atoms with Crippen molar-refractivity contribution in [3.63, 3.8) is 0 Å². The number of aryl methyl sites for hydroxylation is 1. The number of nitrogens with one attached hydrogen (secondary N) is 1. The number of benzene rings is 1. The van der Waals surface area contributed by atoms with Gasteiger partial charge in [-0.05, 0) is 31.4 Å². The molecular formula is C14H19N3O3S. The Kier molecular flexibility index (Phi) is 5.96. The average molecular weight is 309 g/mol. The van der Waals surface area contributed by atoms with Gasteiger partial charge in [0.1, 0.15) is 0 Å². The van der Waals surface area contributed by atoms with Gasteiger partial charge in [0.25, 0.3) is 5.78 Å². The van der Waals surface area contributed by atoms with Crippen LogP contribution in [0.4, 0.5) is 0 Å². The molecule has 0 radical (unpaired) electrons. The molecule has 1 atom stereocenters. The molecule has 114 valence electrons. The van der Waals surface area contributed by atoms with Gasteiger partial charge in [-0.15, -0.1) is 0 Å². The van der Waals surface area contributed by atoms with Crippen LogP contribution < -0.4 is 4.72 Å². The van der Waals surface area contributed by atoms with E-state index in [-0.39, 0.29) is 10.8 Å². The van der Waals surface area contributed by atoms with Gasteiger partial charge in [0.15, 0.2) is 0 Å². The van der Waals surface area contributed by atoms with Crippen LogP contribution >= 0.6 is 0 Å². The van der Waals surface area contributed by atoms with Gasteiger partial charge in [0.05, 0.1) is 10.9 Å². The summed E-state index contributed by atoms with van der Waals surface area (Å²) in [5, 5.41) is 0. The summed E-state index contributed by atoms with van der Waals surface area (Å²) in [6.45, 7) is 5.60. The predicted octanol–water partition coefficient (Wildman–Crippen LogP) is 1.56. The number of carbonyl (C=O) groups excluding carboxylic acids is 1. The van der Waals surface area contributed by atoms with Crippen molar-refractivity contribution in [2.45, 2.75) is 38.1 Å². The molecule has 0 aromatic heterocycles. The largest absolute Gasteiger partial charge is 0.361 e. The molecule has 0 spiro atoms. The van der Waals surface area contributed by atoms with Crippen molar-refractivity contribution in [1.82, 2.24) is 4.72 Å². The predicted molar refractivity (Wildman–Crippen MR) is 79.4 cm³/mol. The summed E-state index contributed by atoms with van der Waals surface area (Å²) in [7, 11) is -3.80. The minimum atomic E-state index is -3.80. The third-order valence-electron chi connectivity index (χ3n) is 2.86. The second kappa shape index (κ2) is 7.26. The van der Waals surface area contributed by atoms with Crippen molar-refractivity contribution >= 4 is 22.0 Å². The summed E-state index contributed by atoms with van der Waals surface area (Å²) in [6.07, 6.45) is 1.03. The lowest BCUT2D eigenvalue weighted by atomic mass is 10.0. The molecule has 0 aliphatic carbocycles. The molecule has 6 nitrogen and oxygen atoms in total. The van der Waals surface area contributed by atoms with Gasteiger partial charge in [0, 0.05) is 0 Å². The van der Waals surface area contributed by atoms with Crippen LogP contribution in [-0.4, -0.2) is 31.2 Å². The zero-order chi connectivity index (χ0) is 16.0. The average Bonchev–Trinajstić information content (AvgIpc) is 2.38. The zero-order valence-corrected chi connectivity index (χ0v) is 13.1. The van der Waals surface area contributed by atoms with Crippen LogP contribution in [0.25, 0.3) is 5.53 Å². The monoisotopic (exact) mass is 309 g/mol. The van der Waals surface area contributed by atoms with Crippen molar-refractivity contribution < 1.29 is 18.0 Å². The number of hydrogen-bond acceptors (Lipinski definition) is 3. The molecule has 1 rings (SSSR count). The normalized spacial score (nSPS) is 12.8. The van der Waals surface area contributed by atoms with Crippen molar-refractivity contribution in [3.05, 3.63) is 35.4 Å². The van der Waals surface area contributed by atoms with Crippen LogP contribution in [0, 0.1) is 12.8 Å². The lowest BCUT2D eigenvalue weighted by molar-refractivity contribution is -0.117. The summed E-state index contributed by atoms with van der Waals surface area (Å²) in [4.78, 5) is 14.6. The number of nitrogens with zero attached hydrogens (tertiary/aromatic N) is 2. The van der Waals surface area contributed by atoms with E-state index in [2.05, 4.69) is 9.51 Å². The van der Waals surface area contributed by atoms with E-state index in [9.17, 15) is 13.2 Å². The van der Waals surface area contributed by atoms with Crippen molar-refractivity contribution in [1.29, 1.82) is 0 Å². The molecule has 0 heterocycles. The van der Waals surface area contributed by atoms with Gasteiger partial charge in [0.2, 0.25) is 10.0 Å². The molecule has 0 unspecified atom stereocenters. The SMILES string of the molecule is Cc1ccc(S(=O)(=O)N[C@@H](CC(C)C)C(=O)C=[N+]=[N-])cc1. The lowest BCUT2D eigenvalue weighted by Crippen LogP contribution is -2.42. The highest BCUT2D eigenvalue weighted by Crippen LogP contribution is 2.13. The van der Waals surface area contributed by atoms with Gasteiger partial charge in [-0.2, -0.15) is 9.51 Å². The van der Waals surface area contributed by atoms with Crippen LogP contribution in [-0.2, 0) is 14.8 Å². The molecule has 1 aromatic rings. The Labute approximate surface area is 124 Å². The minimum Gasteiger partial charge on any atom is -0.361 e. The van der Waals surface area contributed by atoms with Gasteiger partial charge < -0.3 is 5.53 Å². The summed E-state index contributed by atoms with van der Waals surface area (Å²) < 4.78 is 26.9. The third kappa shape index (κ3) is 5.23. The lowest BCUT2D eigenvalue weighted by Gasteiger charge is -2.16. The Morgan fingerprint density at radius 2 is 1.90 bits per heavy atom. The first-order chi connectivity index (χ1) is 9.76. The number of Topliss-reactive ketones (excluding diaryl/α,β-unsaturated/α-hetero) is 1.